The van der Waals surface area contributed by atoms with Crippen LogP contribution in [0.15, 0.2) is 12.3 Å². The molecular weight excluding hydrogens is 289 g/mol. The molecule has 2 amide bonds. The van der Waals surface area contributed by atoms with E-state index in [1.807, 2.05) is 0 Å². The first kappa shape index (κ1) is 14.1. The van der Waals surface area contributed by atoms with E-state index in [2.05, 4.69) is 15.6 Å². The van der Waals surface area contributed by atoms with Crippen LogP contribution < -0.4 is 10.6 Å². The highest BCUT2D eigenvalue weighted by molar-refractivity contribution is 6.35. The Kier molecular flexibility index (Phi) is 4.61. The van der Waals surface area contributed by atoms with E-state index in [-0.39, 0.29) is 21.6 Å². The quantitative estimate of drug-likeness (QED) is 0.818. The van der Waals surface area contributed by atoms with Crippen LogP contribution in [0.2, 0.25) is 10.2 Å². The van der Waals surface area contributed by atoms with Crippen molar-refractivity contribution in [1.82, 2.24) is 15.6 Å². The summed E-state index contributed by atoms with van der Waals surface area (Å²) < 4.78 is 0. The maximum atomic E-state index is 12.1. The van der Waals surface area contributed by atoms with Gasteiger partial charge in [-0.05, 0) is 25.3 Å². The minimum Gasteiger partial charge on any atom is -0.354 e. The molecule has 1 saturated heterocycles. The second-order valence-corrected chi connectivity index (χ2v) is 5.09. The Hall–Kier alpha value is -1.33. The number of halogens is 2. The summed E-state index contributed by atoms with van der Waals surface area (Å²) in [6, 6.07) is 0.853. The van der Waals surface area contributed by atoms with Crippen molar-refractivity contribution in [2.75, 3.05) is 6.54 Å². The average Bonchev–Trinajstić information content (AvgIpc) is 2.58. The molecule has 2 N–H and O–H groups in total. The molecule has 5 nitrogen and oxygen atoms in total. The van der Waals surface area contributed by atoms with Crippen molar-refractivity contribution in [2.24, 2.45) is 0 Å². The third-order valence-electron chi connectivity index (χ3n) is 2.91. The number of carbonyl (C=O) groups is 2. The molecule has 0 aliphatic carbocycles. The van der Waals surface area contributed by atoms with Crippen molar-refractivity contribution >= 4 is 35.0 Å². The van der Waals surface area contributed by atoms with Crippen LogP contribution in [0.25, 0.3) is 0 Å². The molecule has 2 heterocycles. The molecule has 19 heavy (non-hydrogen) atoms. The van der Waals surface area contributed by atoms with E-state index in [1.54, 1.807) is 0 Å². The largest absolute Gasteiger partial charge is 0.354 e. The smallest absolute Gasteiger partial charge is 0.253 e. The lowest BCUT2D eigenvalue weighted by Crippen LogP contribution is -2.45. The van der Waals surface area contributed by atoms with Crippen LogP contribution in [0.3, 0.4) is 0 Å². The number of hydrogen-bond donors (Lipinski definition) is 2. The van der Waals surface area contributed by atoms with Crippen molar-refractivity contribution in [2.45, 2.75) is 25.3 Å². The van der Waals surface area contributed by atoms with Gasteiger partial charge in [0.1, 0.15) is 11.2 Å². The van der Waals surface area contributed by atoms with Gasteiger partial charge in [0.25, 0.3) is 5.91 Å². The molecule has 1 aromatic rings. The summed E-state index contributed by atoms with van der Waals surface area (Å²) in [5, 5.41) is 5.81. The van der Waals surface area contributed by atoms with Crippen molar-refractivity contribution in [3.63, 3.8) is 0 Å². The van der Waals surface area contributed by atoms with Gasteiger partial charge in [-0.1, -0.05) is 23.2 Å². The average molecular weight is 302 g/mol. The molecule has 1 atom stereocenters. The highest BCUT2D eigenvalue weighted by Gasteiger charge is 2.23. The topological polar surface area (TPSA) is 71.1 Å². The van der Waals surface area contributed by atoms with Crippen molar-refractivity contribution in [1.29, 1.82) is 0 Å². The first-order valence-electron chi connectivity index (χ1n) is 5.97. The summed E-state index contributed by atoms with van der Waals surface area (Å²) in [6.07, 6.45) is 3.73. The SMILES string of the molecule is O=C(NC1CCCCNC1=O)c1cc(Cl)ncc1Cl. The van der Waals surface area contributed by atoms with Gasteiger partial charge < -0.3 is 10.6 Å². The number of nitrogens with one attached hydrogen (secondary N) is 2. The van der Waals surface area contributed by atoms with Crippen molar-refractivity contribution in [3.8, 4) is 0 Å². The first-order chi connectivity index (χ1) is 9.08. The molecule has 0 saturated carbocycles. The first-order valence-corrected chi connectivity index (χ1v) is 6.73. The van der Waals surface area contributed by atoms with Gasteiger partial charge in [-0.2, -0.15) is 0 Å². The van der Waals surface area contributed by atoms with Crippen LogP contribution >= 0.6 is 23.2 Å². The predicted octanol–water partition coefficient (Wildman–Crippen LogP) is 1.79. The molecule has 1 aliphatic heterocycles. The zero-order valence-electron chi connectivity index (χ0n) is 10.1. The maximum absolute atomic E-state index is 12.1. The summed E-state index contributed by atoms with van der Waals surface area (Å²) in [7, 11) is 0. The van der Waals surface area contributed by atoms with E-state index >= 15 is 0 Å². The monoisotopic (exact) mass is 301 g/mol. The fourth-order valence-electron chi connectivity index (χ4n) is 1.90. The molecule has 7 heteroatoms. The number of nitrogens with zero attached hydrogens (tertiary/aromatic N) is 1. The molecule has 102 valence electrons. The van der Waals surface area contributed by atoms with Crippen molar-refractivity contribution in [3.05, 3.63) is 28.0 Å². The molecule has 0 aromatic carbocycles. The van der Waals surface area contributed by atoms with Gasteiger partial charge in [-0.15, -0.1) is 0 Å². The Labute approximate surface area is 120 Å². The fraction of sp³-hybridized carbons (Fsp3) is 0.417. The zero-order chi connectivity index (χ0) is 13.8. The van der Waals surface area contributed by atoms with Gasteiger partial charge in [0.05, 0.1) is 10.6 Å². The molecule has 0 spiro atoms. The van der Waals surface area contributed by atoms with E-state index in [0.717, 1.165) is 12.8 Å². The maximum Gasteiger partial charge on any atom is 0.253 e. The molecule has 1 aromatic heterocycles. The third-order valence-corrected chi connectivity index (χ3v) is 3.42. The summed E-state index contributed by atoms with van der Waals surface area (Å²) in [5.41, 5.74) is 0.221. The number of aromatic nitrogens is 1. The highest BCUT2D eigenvalue weighted by atomic mass is 35.5. The molecule has 1 fully saturated rings. The Bertz CT molecular complexity index is 508. The van der Waals surface area contributed by atoms with Gasteiger partial charge in [0.15, 0.2) is 0 Å². The molecule has 0 bridgehead atoms. The molecular formula is C12H13Cl2N3O2. The Morgan fingerprint density at radius 2 is 2.21 bits per heavy atom. The lowest BCUT2D eigenvalue weighted by Gasteiger charge is -2.15. The number of hydrogen-bond acceptors (Lipinski definition) is 3. The fourth-order valence-corrected chi connectivity index (χ4v) is 2.25. The minimum atomic E-state index is -0.530. The van der Waals surface area contributed by atoms with Crippen LogP contribution in [0.4, 0.5) is 0 Å². The summed E-state index contributed by atoms with van der Waals surface area (Å²) in [4.78, 5) is 27.6. The molecule has 1 unspecified atom stereocenters. The van der Waals surface area contributed by atoms with Gasteiger partial charge >= 0.3 is 0 Å². The normalized spacial score (nSPS) is 19.5. The number of pyridine rings is 1. The Morgan fingerprint density at radius 1 is 1.42 bits per heavy atom. The summed E-state index contributed by atoms with van der Waals surface area (Å²) in [5.74, 6) is -0.585. The second-order valence-electron chi connectivity index (χ2n) is 4.30. The molecule has 1 aliphatic rings. The van der Waals surface area contributed by atoms with E-state index < -0.39 is 11.9 Å². The predicted molar refractivity (Wildman–Crippen MR) is 72.4 cm³/mol. The van der Waals surface area contributed by atoms with Crippen LogP contribution in [0.5, 0.6) is 0 Å². The minimum absolute atomic E-state index is 0.165. The number of amides is 2. The lowest BCUT2D eigenvalue weighted by atomic mass is 10.1. The summed E-state index contributed by atoms with van der Waals surface area (Å²) >= 11 is 11.6. The standard InChI is InChI=1S/C12H13Cl2N3O2/c13-8-6-16-10(14)5-7(8)11(18)17-9-3-1-2-4-15-12(9)19/h5-6,9H,1-4H2,(H,15,19)(H,17,18). The Balaban J connectivity index is 2.11. The van der Waals surface area contributed by atoms with E-state index in [4.69, 9.17) is 23.2 Å². The van der Waals surface area contributed by atoms with Gasteiger partial charge in [0, 0.05) is 12.7 Å². The number of carbonyl (C=O) groups excluding carboxylic acids is 2. The van der Waals surface area contributed by atoms with Gasteiger partial charge in [-0.25, -0.2) is 4.98 Å². The van der Waals surface area contributed by atoms with Crippen LogP contribution in [0.1, 0.15) is 29.6 Å². The van der Waals surface area contributed by atoms with E-state index in [9.17, 15) is 9.59 Å². The molecule has 2 rings (SSSR count). The number of rotatable bonds is 2. The zero-order valence-corrected chi connectivity index (χ0v) is 11.6. The van der Waals surface area contributed by atoms with Gasteiger partial charge in [-0.3, -0.25) is 9.59 Å². The van der Waals surface area contributed by atoms with Crippen LogP contribution in [-0.4, -0.2) is 29.4 Å². The molecule has 0 radical (unpaired) electrons. The van der Waals surface area contributed by atoms with Crippen molar-refractivity contribution < 1.29 is 9.59 Å². The van der Waals surface area contributed by atoms with Gasteiger partial charge in [0.2, 0.25) is 5.91 Å². The van der Waals surface area contributed by atoms with E-state index in [1.165, 1.54) is 12.3 Å². The third kappa shape index (κ3) is 3.58. The Morgan fingerprint density at radius 3 is 3.00 bits per heavy atom. The lowest BCUT2D eigenvalue weighted by molar-refractivity contribution is -0.122. The second kappa shape index (κ2) is 6.21. The van der Waals surface area contributed by atoms with Crippen LogP contribution in [0, 0.1) is 0 Å². The summed E-state index contributed by atoms with van der Waals surface area (Å²) in [6.45, 7) is 0.646. The van der Waals surface area contributed by atoms with E-state index in [0.29, 0.717) is 13.0 Å². The highest BCUT2D eigenvalue weighted by Crippen LogP contribution is 2.18. The van der Waals surface area contributed by atoms with Crippen LogP contribution in [-0.2, 0) is 4.79 Å².